The van der Waals surface area contributed by atoms with E-state index in [0.29, 0.717) is 0 Å². The monoisotopic (exact) mass is 349 g/mol. The standard InChI is InChI=1S/C16H23N5O4/c1-7(2)8(3)17-9-10(13(23)12(9)22)18-15-14(24)11(21(6)19-15)16(25)20(4)5/h7-8,17,24H,1-6H3,(H,18,19)/t8-/m0/s1. The van der Waals surface area contributed by atoms with Crippen molar-refractivity contribution >= 4 is 23.1 Å². The van der Waals surface area contributed by atoms with Crippen LogP contribution >= 0.6 is 0 Å². The second-order valence-corrected chi connectivity index (χ2v) is 6.58. The molecule has 0 unspecified atom stereocenters. The molecule has 1 aromatic heterocycles. The third kappa shape index (κ3) is 3.21. The molecule has 0 saturated carbocycles. The van der Waals surface area contributed by atoms with Crippen molar-refractivity contribution in [3.05, 3.63) is 26.1 Å². The molecule has 9 nitrogen and oxygen atoms in total. The molecule has 0 aliphatic rings. The predicted molar refractivity (Wildman–Crippen MR) is 95.4 cm³/mol. The lowest BCUT2D eigenvalue weighted by Crippen LogP contribution is -2.39. The first-order chi connectivity index (χ1) is 11.6. The van der Waals surface area contributed by atoms with Crippen LogP contribution in [0.5, 0.6) is 5.75 Å². The van der Waals surface area contributed by atoms with E-state index in [4.69, 9.17) is 0 Å². The highest BCUT2D eigenvalue weighted by atomic mass is 16.3. The summed E-state index contributed by atoms with van der Waals surface area (Å²) < 4.78 is 1.22. The van der Waals surface area contributed by atoms with Crippen molar-refractivity contribution in [1.82, 2.24) is 14.7 Å². The van der Waals surface area contributed by atoms with Gasteiger partial charge >= 0.3 is 0 Å². The maximum atomic E-state index is 12.1. The summed E-state index contributed by atoms with van der Waals surface area (Å²) in [6, 6.07) is -0.0212. The van der Waals surface area contributed by atoms with Gasteiger partial charge in [0.25, 0.3) is 16.8 Å². The molecule has 1 atom stereocenters. The van der Waals surface area contributed by atoms with E-state index in [0.717, 1.165) is 0 Å². The number of amides is 1. The fourth-order valence-electron chi connectivity index (χ4n) is 2.21. The number of nitrogens with zero attached hydrogens (tertiary/aromatic N) is 3. The number of aryl methyl sites for hydroxylation is 1. The van der Waals surface area contributed by atoms with Gasteiger partial charge in [0.05, 0.1) is 0 Å². The van der Waals surface area contributed by atoms with Crippen LogP contribution in [0.1, 0.15) is 31.3 Å². The molecular weight excluding hydrogens is 326 g/mol. The summed E-state index contributed by atoms with van der Waals surface area (Å²) >= 11 is 0. The number of anilines is 3. The third-order valence-corrected chi connectivity index (χ3v) is 4.16. The largest absolute Gasteiger partial charge is 0.503 e. The van der Waals surface area contributed by atoms with E-state index in [1.807, 2.05) is 20.8 Å². The average molecular weight is 349 g/mol. The Labute approximate surface area is 144 Å². The lowest BCUT2D eigenvalue weighted by atomic mass is 10.0. The number of hydrogen-bond acceptors (Lipinski definition) is 7. The van der Waals surface area contributed by atoms with Crippen molar-refractivity contribution in [1.29, 1.82) is 0 Å². The lowest BCUT2D eigenvalue weighted by molar-refractivity contribution is 0.0814. The first-order valence-electron chi connectivity index (χ1n) is 7.90. The number of carbonyl (C=O) groups excluding carboxylic acids is 1. The molecule has 0 radical (unpaired) electrons. The van der Waals surface area contributed by atoms with E-state index in [-0.39, 0.29) is 40.6 Å². The van der Waals surface area contributed by atoms with Gasteiger partial charge in [0.15, 0.2) is 17.3 Å². The highest BCUT2D eigenvalue weighted by molar-refractivity contribution is 5.97. The van der Waals surface area contributed by atoms with Crippen LogP contribution in [0.2, 0.25) is 0 Å². The first kappa shape index (κ1) is 18.5. The first-order valence-corrected chi connectivity index (χ1v) is 7.90. The van der Waals surface area contributed by atoms with Gasteiger partial charge in [-0.3, -0.25) is 19.1 Å². The number of carbonyl (C=O) groups is 1. The summed E-state index contributed by atoms with van der Waals surface area (Å²) in [5.41, 5.74) is -1.12. The Morgan fingerprint density at radius 1 is 1.16 bits per heavy atom. The van der Waals surface area contributed by atoms with Crippen LogP contribution in [0.3, 0.4) is 0 Å². The zero-order valence-corrected chi connectivity index (χ0v) is 15.2. The molecule has 1 heterocycles. The van der Waals surface area contributed by atoms with Gasteiger partial charge in [0.1, 0.15) is 11.4 Å². The van der Waals surface area contributed by atoms with E-state index in [9.17, 15) is 19.5 Å². The molecule has 3 N–H and O–H groups in total. The van der Waals surface area contributed by atoms with E-state index in [2.05, 4.69) is 15.7 Å². The molecule has 0 aliphatic carbocycles. The number of aromatic nitrogens is 2. The second-order valence-electron chi connectivity index (χ2n) is 6.58. The normalized spacial score (nSPS) is 12.4. The summed E-state index contributed by atoms with van der Waals surface area (Å²) in [7, 11) is 4.60. The van der Waals surface area contributed by atoms with Crippen LogP contribution < -0.4 is 21.5 Å². The topological polar surface area (TPSA) is 117 Å². The molecule has 1 amide bonds. The fraction of sp³-hybridized carbons (Fsp3) is 0.500. The van der Waals surface area contributed by atoms with Crippen LogP contribution in [0, 0.1) is 5.92 Å². The minimum Gasteiger partial charge on any atom is -0.503 e. The molecule has 136 valence electrons. The molecule has 1 aromatic carbocycles. The van der Waals surface area contributed by atoms with Crippen molar-refractivity contribution in [2.45, 2.75) is 26.8 Å². The Morgan fingerprint density at radius 2 is 1.72 bits per heavy atom. The number of nitrogens with one attached hydrogen (secondary N) is 2. The highest BCUT2D eigenvalue weighted by Gasteiger charge is 2.28. The van der Waals surface area contributed by atoms with Gasteiger partial charge in [-0.2, -0.15) is 5.10 Å². The van der Waals surface area contributed by atoms with Crippen molar-refractivity contribution in [2.75, 3.05) is 24.7 Å². The minimum absolute atomic E-state index is 0.0174. The summed E-state index contributed by atoms with van der Waals surface area (Å²) in [6.45, 7) is 5.87. The van der Waals surface area contributed by atoms with Crippen LogP contribution in [-0.2, 0) is 7.05 Å². The average Bonchev–Trinajstić information content (AvgIpc) is 2.82. The summed E-state index contributed by atoms with van der Waals surface area (Å²) in [6.07, 6.45) is 0. The number of hydrogen-bond donors (Lipinski definition) is 3. The summed E-state index contributed by atoms with van der Waals surface area (Å²) in [4.78, 5) is 37.1. The maximum Gasteiger partial charge on any atom is 0.275 e. The zero-order chi connectivity index (χ0) is 19.0. The van der Waals surface area contributed by atoms with Gasteiger partial charge in [-0.25, -0.2) is 0 Å². The summed E-state index contributed by atoms with van der Waals surface area (Å²) in [5, 5.41) is 20.0. The molecule has 0 saturated heterocycles. The zero-order valence-electron chi connectivity index (χ0n) is 15.2. The van der Waals surface area contributed by atoms with E-state index < -0.39 is 16.8 Å². The molecule has 2 aromatic rings. The number of aromatic hydroxyl groups is 1. The summed E-state index contributed by atoms with van der Waals surface area (Å²) in [5.74, 6) is -0.612. The van der Waals surface area contributed by atoms with Gasteiger partial charge in [-0.1, -0.05) is 13.8 Å². The highest BCUT2D eigenvalue weighted by Crippen LogP contribution is 2.31. The molecular formula is C16H23N5O4. The van der Waals surface area contributed by atoms with Crippen molar-refractivity contribution < 1.29 is 9.90 Å². The Kier molecular flexibility index (Phi) is 4.87. The molecule has 0 aliphatic heterocycles. The van der Waals surface area contributed by atoms with Crippen molar-refractivity contribution in [3.63, 3.8) is 0 Å². The van der Waals surface area contributed by atoms with Crippen LogP contribution in [0.15, 0.2) is 9.59 Å². The molecule has 0 fully saturated rings. The number of rotatable bonds is 6. The molecule has 25 heavy (non-hydrogen) atoms. The Balaban J connectivity index is 2.35. The SMILES string of the molecule is CC(C)[C@H](C)Nc1c(Nc2nn(C)c(C(=O)N(C)C)c2O)c(=O)c1=O. The molecule has 0 bridgehead atoms. The van der Waals surface area contributed by atoms with Gasteiger partial charge in [-0.05, 0) is 12.8 Å². The van der Waals surface area contributed by atoms with Gasteiger partial charge in [0, 0.05) is 27.2 Å². The van der Waals surface area contributed by atoms with Crippen molar-refractivity contribution in [3.8, 4) is 5.75 Å². The molecule has 2 rings (SSSR count). The third-order valence-electron chi connectivity index (χ3n) is 4.16. The van der Waals surface area contributed by atoms with Crippen LogP contribution in [-0.4, -0.2) is 45.8 Å². The van der Waals surface area contributed by atoms with E-state index in [1.54, 1.807) is 14.1 Å². The molecule has 0 spiro atoms. The smallest absolute Gasteiger partial charge is 0.275 e. The van der Waals surface area contributed by atoms with Crippen molar-refractivity contribution in [2.24, 2.45) is 13.0 Å². The van der Waals surface area contributed by atoms with Gasteiger partial charge < -0.3 is 20.6 Å². The minimum atomic E-state index is -0.691. The van der Waals surface area contributed by atoms with Gasteiger partial charge in [-0.15, -0.1) is 0 Å². The Bertz CT molecular complexity index is 874. The fourth-order valence-corrected chi connectivity index (χ4v) is 2.21. The quantitative estimate of drug-likeness (QED) is 0.655. The Morgan fingerprint density at radius 3 is 2.24 bits per heavy atom. The van der Waals surface area contributed by atoms with E-state index in [1.165, 1.54) is 16.6 Å². The molecule has 9 heteroatoms. The van der Waals surface area contributed by atoms with E-state index >= 15 is 0 Å². The second kappa shape index (κ2) is 6.58. The van der Waals surface area contributed by atoms with Crippen LogP contribution in [0.4, 0.5) is 17.2 Å². The maximum absolute atomic E-state index is 12.1. The Hall–Kier alpha value is -2.84. The lowest BCUT2D eigenvalue weighted by Gasteiger charge is -2.21. The van der Waals surface area contributed by atoms with Crippen LogP contribution in [0.25, 0.3) is 0 Å². The van der Waals surface area contributed by atoms with Gasteiger partial charge in [0.2, 0.25) is 0 Å². The predicted octanol–water partition coefficient (Wildman–Crippen LogP) is 0.623.